The third kappa shape index (κ3) is 5.58. The minimum absolute atomic E-state index is 0.00179. The number of nitrogens with zero attached hydrogens (tertiary/aromatic N) is 2. The van der Waals surface area contributed by atoms with Crippen LogP contribution in [0.3, 0.4) is 0 Å². The highest BCUT2D eigenvalue weighted by molar-refractivity contribution is 5.98. The highest BCUT2D eigenvalue weighted by atomic mass is 16.5. The molecule has 1 aliphatic heterocycles. The Bertz CT molecular complexity index is 1170. The van der Waals surface area contributed by atoms with E-state index in [-0.39, 0.29) is 11.8 Å². The number of amides is 2. The number of ether oxygens (including phenoxy) is 1. The van der Waals surface area contributed by atoms with Crippen LogP contribution < -0.4 is 10.1 Å². The third-order valence-corrected chi connectivity index (χ3v) is 5.60. The van der Waals surface area contributed by atoms with Crippen LogP contribution in [0.15, 0.2) is 78.9 Å². The summed E-state index contributed by atoms with van der Waals surface area (Å²) in [5, 5.41) is 12.0. The van der Waals surface area contributed by atoms with Crippen molar-refractivity contribution in [2.45, 2.75) is 31.9 Å². The van der Waals surface area contributed by atoms with E-state index in [1.165, 1.54) is 0 Å². The van der Waals surface area contributed by atoms with Crippen LogP contribution in [0.2, 0.25) is 0 Å². The van der Waals surface area contributed by atoms with Gasteiger partial charge in [-0.25, -0.2) is 0 Å². The number of anilines is 1. The summed E-state index contributed by atoms with van der Waals surface area (Å²) in [5.41, 5.74) is 2.84. The van der Waals surface area contributed by atoms with Crippen LogP contribution >= 0.6 is 0 Å². The molecule has 166 valence electrons. The van der Waals surface area contributed by atoms with Crippen LogP contribution in [-0.4, -0.2) is 23.3 Å². The van der Waals surface area contributed by atoms with Crippen LogP contribution in [0.5, 0.6) is 5.75 Å². The summed E-state index contributed by atoms with van der Waals surface area (Å²) in [4.78, 5) is 27.6. The summed E-state index contributed by atoms with van der Waals surface area (Å²) in [6.45, 7) is 0.874. The number of nitriles is 1. The first-order chi connectivity index (χ1) is 16.1. The number of carbonyl (C=O) groups excluding carboxylic acids is 2. The van der Waals surface area contributed by atoms with Crippen molar-refractivity contribution in [3.8, 4) is 11.8 Å². The normalized spacial score (nSPS) is 14.3. The van der Waals surface area contributed by atoms with Crippen molar-refractivity contribution in [3.63, 3.8) is 0 Å². The maximum atomic E-state index is 13.3. The maximum Gasteiger partial charge on any atom is 0.251 e. The largest absolute Gasteiger partial charge is 0.489 e. The first-order valence-corrected chi connectivity index (χ1v) is 11.0. The lowest BCUT2D eigenvalue weighted by molar-refractivity contribution is -0.141. The molecule has 0 bridgehead atoms. The molecule has 0 saturated carbocycles. The third-order valence-electron chi connectivity index (χ3n) is 5.60. The van der Waals surface area contributed by atoms with Crippen molar-refractivity contribution in [1.29, 1.82) is 5.26 Å². The van der Waals surface area contributed by atoms with E-state index in [0.717, 1.165) is 24.0 Å². The van der Waals surface area contributed by atoms with Crippen molar-refractivity contribution in [1.82, 2.24) is 4.90 Å². The van der Waals surface area contributed by atoms with Gasteiger partial charge in [0.1, 0.15) is 18.4 Å². The fourth-order valence-corrected chi connectivity index (χ4v) is 3.98. The molecule has 1 heterocycles. The van der Waals surface area contributed by atoms with Gasteiger partial charge in [0.05, 0.1) is 11.6 Å². The molecule has 0 aromatic heterocycles. The summed E-state index contributed by atoms with van der Waals surface area (Å²) < 4.78 is 5.87. The first-order valence-electron chi connectivity index (χ1n) is 11.0. The van der Waals surface area contributed by atoms with Crippen molar-refractivity contribution >= 4 is 17.5 Å². The van der Waals surface area contributed by atoms with Gasteiger partial charge in [-0.05, 0) is 48.2 Å². The second-order valence-electron chi connectivity index (χ2n) is 7.98. The number of carbonyl (C=O) groups is 2. The number of likely N-dealkylation sites (tertiary alicyclic amines) is 1. The molecule has 0 aliphatic carbocycles. The quantitative estimate of drug-likeness (QED) is 0.572. The lowest BCUT2D eigenvalue weighted by atomic mass is 10.0. The monoisotopic (exact) mass is 439 g/mol. The standard InChI is InChI=1S/C27H25N3O3/c28-18-20-8-6-9-21(16-20)19-33-24-13-7-12-23(17-24)29-27(32)26(22-10-2-1-3-11-22)30-15-5-4-14-25(30)31/h1-3,6-13,16-17,26H,4-5,14-15,19H2,(H,29,32). The molecule has 6 heteroatoms. The van der Waals surface area contributed by atoms with E-state index in [4.69, 9.17) is 10.00 Å². The minimum Gasteiger partial charge on any atom is -0.489 e. The second-order valence-corrected chi connectivity index (χ2v) is 7.98. The van der Waals surface area contributed by atoms with Gasteiger partial charge in [0.2, 0.25) is 5.91 Å². The molecule has 3 aromatic carbocycles. The highest BCUT2D eigenvalue weighted by Gasteiger charge is 2.32. The minimum atomic E-state index is -0.683. The van der Waals surface area contributed by atoms with Gasteiger partial charge in [0.25, 0.3) is 5.91 Å². The van der Waals surface area contributed by atoms with Gasteiger partial charge in [-0.2, -0.15) is 5.26 Å². The Balaban J connectivity index is 1.49. The molecule has 0 radical (unpaired) electrons. The SMILES string of the molecule is N#Cc1cccc(COc2cccc(NC(=O)C(c3ccccc3)N3CCCCC3=O)c2)c1. The van der Waals surface area contributed by atoms with E-state index in [1.807, 2.05) is 48.5 Å². The molecule has 4 rings (SSSR count). The molecule has 33 heavy (non-hydrogen) atoms. The Hall–Kier alpha value is -4.11. The molecule has 6 nitrogen and oxygen atoms in total. The first kappa shape index (κ1) is 22.1. The Kier molecular flexibility index (Phi) is 7.01. The van der Waals surface area contributed by atoms with Crippen molar-refractivity contribution in [2.24, 2.45) is 0 Å². The number of benzene rings is 3. The number of piperidine rings is 1. The molecule has 2 amide bonds. The van der Waals surface area contributed by atoms with Gasteiger partial charge in [-0.15, -0.1) is 0 Å². The molecule has 1 unspecified atom stereocenters. The van der Waals surface area contributed by atoms with Gasteiger partial charge in [0, 0.05) is 24.7 Å². The smallest absolute Gasteiger partial charge is 0.251 e. The molecular formula is C27H25N3O3. The fraction of sp³-hybridized carbons (Fsp3) is 0.222. The molecule has 1 saturated heterocycles. The fourth-order valence-electron chi connectivity index (χ4n) is 3.98. The summed E-state index contributed by atoms with van der Waals surface area (Å²) in [7, 11) is 0. The number of hydrogen-bond acceptors (Lipinski definition) is 4. The molecule has 3 aromatic rings. The lowest BCUT2D eigenvalue weighted by Crippen LogP contribution is -2.43. The van der Waals surface area contributed by atoms with Crippen LogP contribution in [0.1, 0.15) is 42.0 Å². The maximum absolute atomic E-state index is 13.3. The lowest BCUT2D eigenvalue weighted by Gasteiger charge is -2.34. The topological polar surface area (TPSA) is 82.4 Å². The summed E-state index contributed by atoms with van der Waals surface area (Å²) in [6, 6.07) is 25.2. The van der Waals surface area contributed by atoms with Gasteiger partial charge < -0.3 is 15.0 Å². The summed E-state index contributed by atoms with van der Waals surface area (Å²) >= 11 is 0. The summed E-state index contributed by atoms with van der Waals surface area (Å²) in [6.07, 6.45) is 2.21. The van der Waals surface area contributed by atoms with Gasteiger partial charge in [0.15, 0.2) is 0 Å². The Morgan fingerprint density at radius 3 is 2.64 bits per heavy atom. The van der Waals surface area contributed by atoms with Crippen LogP contribution in [-0.2, 0) is 16.2 Å². The van der Waals surface area contributed by atoms with E-state index >= 15 is 0 Å². The Morgan fingerprint density at radius 2 is 1.85 bits per heavy atom. The van der Waals surface area contributed by atoms with Crippen molar-refractivity contribution < 1.29 is 14.3 Å². The Morgan fingerprint density at radius 1 is 1.03 bits per heavy atom. The Labute approximate surface area is 193 Å². The van der Waals surface area contributed by atoms with Crippen LogP contribution in [0, 0.1) is 11.3 Å². The van der Waals surface area contributed by atoms with E-state index in [9.17, 15) is 9.59 Å². The molecule has 1 N–H and O–H groups in total. The predicted molar refractivity (Wildman–Crippen MR) is 125 cm³/mol. The highest BCUT2D eigenvalue weighted by Crippen LogP contribution is 2.28. The zero-order valence-electron chi connectivity index (χ0n) is 18.2. The van der Waals surface area contributed by atoms with E-state index < -0.39 is 6.04 Å². The van der Waals surface area contributed by atoms with Crippen molar-refractivity contribution in [3.05, 3.63) is 95.6 Å². The van der Waals surface area contributed by atoms with Gasteiger partial charge >= 0.3 is 0 Å². The predicted octanol–water partition coefficient (Wildman–Crippen LogP) is 4.83. The van der Waals surface area contributed by atoms with Crippen LogP contribution in [0.25, 0.3) is 0 Å². The molecule has 0 spiro atoms. The second kappa shape index (κ2) is 10.5. The number of nitrogens with one attached hydrogen (secondary N) is 1. The van der Waals surface area contributed by atoms with E-state index in [1.54, 1.807) is 35.2 Å². The van der Waals surface area contributed by atoms with Crippen LogP contribution in [0.4, 0.5) is 5.69 Å². The number of rotatable bonds is 7. The van der Waals surface area contributed by atoms with E-state index in [0.29, 0.717) is 36.6 Å². The zero-order chi connectivity index (χ0) is 23.0. The van der Waals surface area contributed by atoms with E-state index in [2.05, 4.69) is 11.4 Å². The van der Waals surface area contributed by atoms with Crippen molar-refractivity contribution in [2.75, 3.05) is 11.9 Å². The van der Waals surface area contributed by atoms with Gasteiger partial charge in [-0.1, -0.05) is 48.5 Å². The molecule has 1 atom stereocenters. The van der Waals surface area contributed by atoms with Gasteiger partial charge in [-0.3, -0.25) is 9.59 Å². The summed E-state index contributed by atoms with van der Waals surface area (Å²) in [5.74, 6) is 0.345. The average Bonchev–Trinajstić information content (AvgIpc) is 2.85. The number of hydrogen-bond donors (Lipinski definition) is 1. The molecular weight excluding hydrogens is 414 g/mol. The average molecular weight is 440 g/mol. The molecule has 1 fully saturated rings. The zero-order valence-corrected chi connectivity index (χ0v) is 18.2. The molecule has 1 aliphatic rings.